The first kappa shape index (κ1) is 20.9. The monoisotopic (exact) mass is 429 g/mol. The van der Waals surface area contributed by atoms with Crippen LogP contribution in [-0.2, 0) is 6.61 Å². The molecule has 0 radical (unpaired) electrons. The van der Waals surface area contributed by atoms with Crippen molar-refractivity contribution in [2.75, 3.05) is 7.11 Å². The first-order valence-corrected chi connectivity index (χ1v) is 8.97. The Kier molecular flexibility index (Phi) is 6.33. The van der Waals surface area contributed by atoms with E-state index in [2.05, 4.69) is 9.97 Å². The normalized spacial score (nSPS) is 10.9. The van der Waals surface area contributed by atoms with Gasteiger partial charge in [0.25, 0.3) is 5.88 Å². The van der Waals surface area contributed by atoms with Crippen molar-refractivity contribution in [3.8, 4) is 17.4 Å². The van der Waals surface area contributed by atoms with Crippen LogP contribution in [0.4, 0.5) is 5.69 Å². The van der Waals surface area contributed by atoms with Gasteiger partial charge in [-0.05, 0) is 35.9 Å². The van der Waals surface area contributed by atoms with Crippen molar-refractivity contribution in [3.63, 3.8) is 0 Å². The highest BCUT2D eigenvalue weighted by molar-refractivity contribution is 6.30. The Balaban J connectivity index is 1.89. The number of halogens is 1. The van der Waals surface area contributed by atoms with Gasteiger partial charge in [-0.1, -0.05) is 35.9 Å². The minimum absolute atomic E-state index is 0.0606. The molecule has 0 bridgehead atoms. The Morgan fingerprint density at radius 1 is 1.23 bits per heavy atom. The molecule has 0 aliphatic carbocycles. The van der Waals surface area contributed by atoms with Gasteiger partial charge in [0.05, 0.1) is 12.0 Å². The van der Waals surface area contributed by atoms with Gasteiger partial charge in [-0.25, -0.2) is 0 Å². The fourth-order valence-electron chi connectivity index (χ4n) is 2.60. The minimum Gasteiger partial charge on any atom is -0.493 e. The molecular weight excluding hydrogens is 414 g/mol. The number of aromatic amines is 1. The summed E-state index contributed by atoms with van der Waals surface area (Å²) in [5.74, 6) is -0.0957. The van der Waals surface area contributed by atoms with Gasteiger partial charge in [0, 0.05) is 10.6 Å². The van der Waals surface area contributed by atoms with E-state index in [0.29, 0.717) is 22.1 Å². The predicted octanol–water partition coefficient (Wildman–Crippen LogP) is 3.80. The average molecular weight is 430 g/mol. The number of para-hydroxylation sites is 1. The summed E-state index contributed by atoms with van der Waals surface area (Å²) in [4.78, 5) is 27.4. The van der Waals surface area contributed by atoms with E-state index in [1.54, 1.807) is 36.4 Å². The maximum absolute atomic E-state index is 11.8. The maximum Gasteiger partial charge on any atom is 0.395 e. The lowest BCUT2D eigenvalue weighted by Gasteiger charge is -2.13. The summed E-state index contributed by atoms with van der Waals surface area (Å²) in [5, 5.41) is 21.0. The Labute approximate surface area is 175 Å². The molecule has 1 aromatic heterocycles. The smallest absolute Gasteiger partial charge is 0.395 e. The second-order valence-electron chi connectivity index (χ2n) is 6.01. The van der Waals surface area contributed by atoms with Gasteiger partial charge >= 0.3 is 11.2 Å². The first-order chi connectivity index (χ1) is 14.4. The summed E-state index contributed by atoms with van der Waals surface area (Å²) in [5.41, 5.74) is -0.576. The van der Waals surface area contributed by atoms with Crippen LogP contribution in [0.25, 0.3) is 12.2 Å². The van der Waals surface area contributed by atoms with Crippen LogP contribution in [0.3, 0.4) is 0 Å². The molecule has 154 valence electrons. The van der Waals surface area contributed by atoms with E-state index in [1.165, 1.54) is 13.2 Å². The van der Waals surface area contributed by atoms with Crippen LogP contribution in [0.15, 0.2) is 47.3 Å². The molecule has 0 spiro atoms. The molecule has 0 aliphatic heterocycles. The Morgan fingerprint density at radius 2 is 1.97 bits per heavy atom. The zero-order valence-corrected chi connectivity index (χ0v) is 16.4. The van der Waals surface area contributed by atoms with Crippen molar-refractivity contribution in [1.29, 1.82) is 0 Å². The molecule has 2 aromatic carbocycles. The number of aromatic nitrogens is 2. The third kappa shape index (κ3) is 4.76. The number of benzene rings is 2. The van der Waals surface area contributed by atoms with Gasteiger partial charge in [-0.15, -0.1) is 0 Å². The molecule has 9 nitrogen and oxygen atoms in total. The SMILES string of the molecule is COc1cccc(/C=C\c2nc(O)c([N+](=O)[O-])c(=O)[nH]2)c1OCc1ccc(Cl)cc1. The van der Waals surface area contributed by atoms with Crippen LogP contribution in [0.2, 0.25) is 5.02 Å². The quantitative estimate of drug-likeness (QED) is 0.432. The first-order valence-electron chi connectivity index (χ1n) is 8.59. The summed E-state index contributed by atoms with van der Waals surface area (Å²) in [6.07, 6.45) is 2.96. The van der Waals surface area contributed by atoms with Gasteiger partial charge in [-0.3, -0.25) is 14.9 Å². The summed E-state index contributed by atoms with van der Waals surface area (Å²) < 4.78 is 11.3. The molecule has 0 aliphatic rings. The summed E-state index contributed by atoms with van der Waals surface area (Å²) in [6, 6.07) is 12.4. The zero-order valence-electron chi connectivity index (χ0n) is 15.7. The number of aromatic hydroxyl groups is 1. The van der Waals surface area contributed by atoms with Gasteiger partial charge in [-0.2, -0.15) is 4.98 Å². The zero-order chi connectivity index (χ0) is 21.7. The summed E-state index contributed by atoms with van der Waals surface area (Å²) in [7, 11) is 1.51. The number of rotatable bonds is 7. The number of methoxy groups -OCH3 is 1. The second-order valence-corrected chi connectivity index (χ2v) is 6.44. The van der Waals surface area contributed by atoms with E-state index in [9.17, 15) is 20.0 Å². The molecule has 0 fully saturated rings. The molecule has 0 unspecified atom stereocenters. The van der Waals surface area contributed by atoms with Crippen LogP contribution in [0.1, 0.15) is 17.0 Å². The summed E-state index contributed by atoms with van der Waals surface area (Å²) >= 11 is 5.89. The van der Waals surface area contributed by atoms with Crippen LogP contribution < -0.4 is 15.0 Å². The number of H-pyrrole nitrogens is 1. The molecule has 2 N–H and O–H groups in total. The number of nitrogens with one attached hydrogen (secondary N) is 1. The van der Waals surface area contributed by atoms with Crippen LogP contribution in [0, 0.1) is 10.1 Å². The van der Waals surface area contributed by atoms with E-state index in [0.717, 1.165) is 5.56 Å². The molecule has 0 saturated carbocycles. The van der Waals surface area contributed by atoms with Gasteiger partial charge in [0.2, 0.25) is 0 Å². The molecule has 30 heavy (non-hydrogen) atoms. The van der Waals surface area contributed by atoms with Crippen molar-refractivity contribution >= 4 is 29.4 Å². The standard InChI is InChI=1S/C20H16ClN3O6/c1-29-15-4-2-3-13(18(15)30-11-12-5-8-14(21)9-6-12)7-10-16-22-19(25)17(24(27)28)20(26)23-16/h2-10H,11H2,1H3,(H2,22,23,25,26)/b10-7-. The number of hydrogen-bond acceptors (Lipinski definition) is 7. The number of ether oxygens (including phenoxy) is 2. The van der Waals surface area contributed by atoms with E-state index >= 15 is 0 Å². The fraction of sp³-hybridized carbons (Fsp3) is 0.100. The lowest BCUT2D eigenvalue weighted by molar-refractivity contribution is -0.387. The van der Waals surface area contributed by atoms with E-state index in [4.69, 9.17) is 21.1 Å². The molecule has 1 heterocycles. The molecule has 0 atom stereocenters. The number of hydrogen-bond donors (Lipinski definition) is 2. The van der Waals surface area contributed by atoms with E-state index in [1.807, 2.05) is 12.1 Å². The Hall–Kier alpha value is -3.85. The second kappa shape index (κ2) is 9.10. The van der Waals surface area contributed by atoms with Gasteiger partial charge in [0.1, 0.15) is 12.4 Å². The molecule has 3 aromatic rings. The van der Waals surface area contributed by atoms with Crippen molar-refractivity contribution in [2.45, 2.75) is 6.61 Å². The highest BCUT2D eigenvalue weighted by Crippen LogP contribution is 2.33. The van der Waals surface area contributed by atoms with Crippen LogP contribution in [-0.4, -0.2) is 27.1 Å². The van der Waals surface area contributed by atoms with Gasteiger partial charge < -0.3 is 19.6 Å². The number of nitrogens with zero attached hydrogens (tertiary/aromatic N) is 2. The van der Waals surface area contributed by atoms with Crippen LogP contribution in [0.5, 0.6) is 17.4 Å². The van der Waals surface area contributed by atoms with E-state index in [-0.39, 0.29) is 12.4 Å². The van der Waals surface area contributed by atoms with Gasteiger partial charge in [0.15, 0.2) is 11.5 Å². The maximum atomic E-state index is 11.8. The summed E-state index contributed by atoms with van der Waals surface area (Å²) in [6.45, 7) is 0.256. The van der Waals surface area contributed by atoms with Crippen molar-refractivity contribution in [3.05, 3.63) is 84.9 Å². The molecule has 3 rings (SSSR count). The largest absolute Gasteiger partial charge is 0.493 e. The molecular formula is C20H16ClN3O6. The third-order valence-corrected chi connectivity index (χ3v) is 4.28. The van der Waals surface area contributed by atoms with Crippen molar-refractivity contribution in [2.24, 2.45) is 0 Å². The van der Waals surface area contributed by atoms with Crippen molar-refractivity contribution in [1.82, 2.24) is 9.97 Å². The topological polar surface area (TPSA) is 128 Å². The molecule has 10 heteroatoms. The Morgan fingerprint density at radius 3 is 2.60 bits per heavy atom. The highest BCUT2D eigenvalue weighted by atomic mass is 35.5. The lowest BCUT2D eigenvalue weighted by Crippen LogP contribution is -2.14. The molecule has 0 saturated heterocycles. The number of nitro groups is 1. The highest BCUT2D eigenvalue weighted by Gasteiger charge is 2.21. The van der Waals surface area contributed by atoms with Crippen LogP contribution >= 0.6 is 11.6 Å². The van der Waals surface area contributed by atoms with E-state index < -0.39 is 22.0 Å². The third-order valence-electron chi connectivity index (χ3n) is 4.02. The Bertz CT molecular complexity index is 1160. The fourth-order valence-corrected chi connectivity index (χ4v) is 2.73. The minimum atomic E-state index is -1.06. The lowest BCUT2D eigenvalue weighted by atomic mass is 10.1. The predicted molar refractivity (Wildman–Crippen MR) is 111 cm³/mol. The average Bonchev–Trinajstić information content (AvgIpc) is 2.71. The molecule has 0 amide bonds. The van der Waals surface area contributed by atoms with Crippen molar-refractivity contribution < 1.29 is 19.5 Å².